The first-order chi connectivity index (χ1) is 10.1. The molecule has 1 heterocycles. The summed E-state index contributed by atoms with van der Waals surface area (Å²) in [4.78, 5) is 26.6. The molecular weight excluding hydrogens is 264 g/mol. The number of carbonyl (C=O) groups excluding carboxylic acids is 2. The summed E-state index contributed by atoms with van der Waals surface area (Å²) in [6.45, 7) is 2.07. The van der Waals surface area contributed by atoms with Gasteiger partial charge in [-0.2, -0.15) is 0 Å². The summed E-state index contributed by atoms with van der Waals surface area (Å²) >= 11 is 0. The zero-order valence-electron chi connectivity index (χ0n) is 12.4. The zero-order chi connectivity index (χ0) is 15.0. The fourth-order valence-corrected chi connectivity index (χ4v) is 3.85. The van der Waals surface area contributed by atoms with E-state index >= 15 is 0 Å². The Morgan fingerprint density at radius 1 is 1.14 bits per heavy atom. The average Bonchev–Trinajstić information content (AvgIpc) is 2.82. The Labute approximate surface area is 125 Å². The quantitative estimate of drug-likeness (QED) is 0.906. The lowest BCUT2D eigenvalue weighted by molar-refractivity contribution is -0.133. The molecule has 4 heteroatoms. The van der Waals surface area contributed by atoms with Crippen LogP contribution in [0.3, 0.4) is 0 Å². The second kappa shape index (κ2) is 5.51. The number of anilines is 1. The normalized spacial score (nSPS) is 28.2. The van der Waals surface area contributed by atoms with E-state index in [0.29, 0.717) is 0 Å². The van der Waals surface area contributed by atoms with Crippen LogP contribution >= 0.6 is 0 Å². The van der Waals surface area contributed by atoms with E-state index in [2.05, 4.69) is 13.0 Å². The predicted octanol–water partition coefficient (Wildman–Crippen LogP) is 2.26. The number of nitrogens with two attached hydrogens (primary N) is 1. The maximum atomic E-state index is 13.0. The van der Waals surface area contributed by atoms with Crippen molar-refractivity contribution in [1.82, 2.24) is 0 Å². The highest BCUT2D eigenvalue weighted by Crippen LogP contribution is 2.37. The molecular formula is C17H22N2O2. The van der Waals surface area contributed by atoms with Crippen molar-refractivity contribution in [3.8, 4) is 0 Å². The Bertz CT molecular complexity index is 570. The maximum Gasteiger partial charge on any atom is 0.231 e. The Kier molecular flexibility index (Phi) is 3.70. The van der Waals surface area contributed by atoms with Gasteiger partial charge in [0.25, 0.3) is 0 Å². The summed E-state index contributed by atoms with van der Waals surface area (Å²) in [5, 5.41) is 0. The van der Waals surface area contributed by atoms with Gasteiger partial charge in [-0.15, -0.1) is 0 Å². The zero-order valence-corrected chi connectivity index (χ0v) is 12.4. The molecule has 0 radical (unpaired) electrons. The minimum Gasteiger partial charge on any atom is -0.369 e. The third kappa shape index (κ3) is 2.43. The Morgan fingerprint density at radius 3 is 2.52 bits per heavy atom. The smallest absolute Gasteiger partial charge is 0.231 e. The van der Waals surface area contributed by atoms with Gasteiger partial charge < -0.3 is 10.6 Å². The summed E-state index contributed by atoms with van der Waals surface area (Å²) in [6.07, 6.45) is 4.40. The van der Waals surface area contributed by atoms with E-state index in [1.165, 1.54) is 5.56 Å². The molecule has 0 spiro atoms. The molecule has 2 N–H and O–H groups in total. The Morgan fingerprint density at radius 2 is 1.81 bits per heavy atom. The standard InChI is InChI=1S/C17H22N2O2/c1-11-10-12-6-2-5-9-15(12)19(11)17(21)14-8-4-3-7-13(14)16(18)20/h2,5-6,9,11,13-14H,3-4,7-8,10H2,1H3,(H2,18,20)/t11-,13+,14-/m1/s1. The Balaban J connectivity index is 1.89. The van der Waals surface area contributed by atoms with Gasteiger partial charge >= 0.3 is 0 Å². The lowest BCUT2D eigenvalue weighted by Gasteiger charge is -2.33. The number of rotatable bonds is 2. The van der Waals surface area contributed by atoms with E-state index in [9.17, 15) is 9.59 Å². The van der Waals surface area contributed by atoms with Gasteiger partial charge in [-0.25, -0.2) is 0 Å². The molecule has 0 saturated heterocycles. The van der Waals surface area contributed by atoms with Gasteiger partial charge in [0.1, 0.15) is 0 Å². The number of amides is 2. The first kappa shape index (κ1) is 14.1. The topological polar surface area (TPSA) is 63.4 Å². The lowest BCUT2D eigenvalue weighted by atomic mass is 9.78. The minimum atomic E-state index is -0.326. The summed E-state index contributed by atoms with van der Waals surface area (Å²) < 4.78 is 0. The Hall–Kier alpha value is -1.84. The van der Waals surface area contributed by atoms with Crippen molar-refractivity contribution < 1.29 is 9.59 Å². The minimum absolute atomic E-state index is 0.0796. The van der Waals surface area contributed by atoms with Crippen LogP contribution in [-0.4, -0.2) is 17.9 Å². The first-order valence-electron chi connectivity index (χ1n) is 7.80. The number of carbonyl (C=O) groups is 2. The number of fused-ring (bicyclic) bond motifs is 1. The van der Waals surface area contributed by atoms with E-state index in [1.807, 2.05) is 23.1 Å². The SMILES string of the molecule is C[C@@H]1Cc2ccccc2N1C(=O)[C@@H]1CCCC[C@@H]1C(N)=O. The number of hydrogen-bond acceptors (Lipinski definition) is 2. The molecule has 2 amide bonds. The summed E-state index contributed by atoms with van der Waals surface area (Å²) in [5.41, 5.74) is 7.73. The predicted molar refractivity (Wildman–Crippen MR) is 81.7 cm³/mol. The second-order valence-corrected chi connectivity index (χ2v) is 6.29. The molecule has 0 bridgehead atoms. The molecule has 112 valence electrons. The van der Waals surface area contributed by atoms with Crippen LogP contribution in [-0.2, 0) is 16.0 Å². The van der Waals surface area contributed by atoms with Crippen LogP contribution in [0.1, 0.15) is 38.2 Å². The van der Waals surface area contributed by atoms with Crippen LogP contribution in [0.2, 0.25) is 0 Å². The maximum absolute atomic E-state index is 13.0. The fourth-order valence-electron chi connectivity index (χ4n) is 3.85. The molecule has 1 saturated carbocycles. The third-order valence-electron chi connectivity index (χ3n) is 4.89. The first-order valence-corrected chi connectivity index (χ1v) is 7.80. The van der Waals surface area contributed by atoms with Gasteiger partial charge in [0, 0.05) is 17.6 Å². The van der Waals surface area contributed by atoms with Crippen LogP contribution < -0.4 is 10.6 Å². The van der Waals surface area contributed by atoms with Gasteiger partial charge in [0.2, 0.25) is 11.8 Å². The molecule has 3 atom stereocenters. The molecule has 1 aromatic carbocycles. The molecule has 1 aromatic rings. The van der Waals surface area contributed by atoms with Crippen molar-refractivity contribution >= 4 is 17.5 Å². The van der Waals surface area contributed by atoms with Gasteiger partial charge in [-0.3, -0.25) is 9.59 Å². The van der Waals surface area contributed by atoms with E-state index in [4.69, 9.17) is 5.73 Å². The molecule has 3 rings (SSSR count). The van der Waals surface area contributed by atoms with Crippen LogP contribution in [0.15, 0.2) is 24.3 Å². The van der Waals surface area contributed by atoms with E-state index < -0.39 is 0 Å². The third-order valence-corrected chi connectivity index (χ3v) is 4.89. The van der Waals surface area contributed by atoms with Crippen molar-refractivity contribution in [2.45, 2.75) is 45.1 Å². The number of primary amides is 1. The van der Waals surface area contributed by atoms with Crippen molar-refractivity contribution in [3.63, 3.8) is 0 Å². The van der Waals surface area contributed by atoms with Crippen LogP contribution in [0.4, 0.5) is 5.69 Å². The molecule has 2 aliphatic rings. The molecule has 1 aliphatic carbocycles. The van der Waals surface area contributed by atoms with Crippen molar-refractivity contribution in [1.29, 1.82) is 0 Å². The molecule has 1 aliphatic heterocycles. The highest BCUT2D eigenvalue weighted by Gasteiger charge is 2.40. The summed E-state index contributed by atoms with van der Waals surface area (Å²) in [5.74, 6) is -0.791. The van der Waals surface area contributed by atoms with Crippen molar-refractivity contribution in [3.05, 3.63) is 29.8 Å². The highest BCUT2D eigenvalue weighted by molar-refractivity contribution is 6.00. The van der Waals surface area contributed by atoms with E-state index in [1.54, 1.807) is 0 Å². The molecule has 0 unspecified atom stereocenters. The largest absolute Gasteiger partial charge is 0.369 e. The monoisotopic (exact) mass is 286 g/mol. The van der Waals surface area contributed by atoms with E-state index in [0.717, 1.165) is 37.8 Å². The van der Waals surface area contributed by atoms with Crippen LogP contribution in [0.25, 0.3) is 0 Å². The highest BCUT2D eigenvalue weighted by atomic mass is 16.2. The van der Waals surface area contributed by atoms with Crippen molar-refractivity contribution in [2.75, 3.05) is 4.90 Å². The van der Waals surface area contributed by atoms with Crippen LogP contribution in [0.5, 0.6) is 0 Å². The summed E-state index contributed by atoms with van der Waals surface area (Å²) in [7, 11) is 0. The molecule has 21 heavy (non-hydrogen) atoms. The number of hydrogen-bond donors (Lipinski definition) is 1. The van der Waals surface area contributed by atoms with E-state index in [-0.39, 0.29) is 29.7 Å². The summed E-state index contributed by atoms with van der Waals surface area (Å²) in [6, 6.07) is 8.20. The number of benzene rings is 1. The number of para-hydroxylation sites is 1. The van der Waals surface area contributed by atoms with Crippen molar-refractivity contribution in [2.24, 2.45) is 17.6 Å². The second-order valence-electron chi connectivity index (χ2n) is 6.29. The lowest BCUT2D eigenvalue weighted by Crippen LogP contribution is -2.46. The average molecular weight is 286 g/mol. The van der Waals surface area contributed by atoms with Gasteiger partial charge in [-0.1, -0.05) is 31.0 Å². The van der Waals surface area contributed by atoms with Gasteiger partial charge in [0.05, 0.1) is 5.92 Å². The fraction of sp³-hybridized carbons (Fsp3) is 0.529. The molecule has 4 nitrogen and oxygen atoms in total. The molecule has 0 aromatic heterocycles. The van der Waals surface area contributed by atoms with Crippen LogP contribution in [0, 0.1) is 11.8 Å². The number of nitrogens with zero attached hydrogens (tertiary/aromatic N) is 1. The molecule has 1 fully saturated rings. The van der Waals surface area contributed by atoms with Gasteiger partial charge in [-0.05, 0) is 37.8 Å². The van der Waals surface area contributed by atoms with Gasteiger partial charge in [0.15, 0.2) is 0 Å².